The van der Waals surface area contributed by atoms with Gasteiger partial charge in [-0.25, -0.2) is 0 Å². The van der Waals surface area contributed by atoms with Gasteiger partial charge in [-0.1, -0.05) is 15.9 Å². The summed E-state index contributed by atoms with van der Waals surface area (Å²) in [5.74, 6) is 0.0601. The van der Waals surface area contributed by atoms with Crippen molar-refractivity contribution in [2.75, 3.05) is 6.54 Å². The van der Waals surface area contributed by atoms with E-state index in [0.29, 0.717) is 12.3 Å². The number of rotatable bonds is 6. The summed E-state index contributed by atoms with van der Waals surface area (Å²) in [6.07, 6.45) is -0.673. The third kappa shape index (κ3) is 5.21. The van der Waals surface area contributed by atoms with Crippen LogP contribution in [0.1, 0.15) is 20.8 Å². The second kappa shape index (κ2) is 7.89. The zero-order valence-electron chi connectivity index (χ0n) is 11.8. The van der Waals surface area contributed by atoms with Crippen LogP contribution in [0.2, 0.25) is 0 Å². The van der Waals surface area contributed by atoms with Crippen LogP contribution in [0, 0.1) is 0 Å². The Morgan fingerprint density at radius 1 is 1.20 bits per heavy atom. The van der Waals surface area contributed by atoms with Crippen molar-refractivity contribution in [3.05, 3.63) is 28.7 Å². The molecular weight excluding hydrogens is 324 g/mol. The van der Waals surface area contributed by atoms with Gasteiger partial charge in [-0.05, 0) is 45.0 Å². The summed E-state index contributed by atoms with van der Waals surface area (Å²) < 4.78 is 6.44. The predicted octanol–water partition coefficient (Wildman–Crippen LogP) is 1.86. The molecule has 1 rings (SSSR count). The van der Waals surface area contributed by atoms with E-state index < -0.39 is 12.1 Å². The average molecular weight is 343 g/mol. The molecule has 1 aromatic rings. The van der Waals surface area contributed by atoms with Crippen LogP contribution in [0.3, 0.4) is 0 Å². The molecule has 2 atom stereocenters. The SMILES string of the molecule is CCNC(=O)[C@H](C)NC(=O)[C@H](C)Oc1ccc(Br)cc1. The maximum absolute atomic E-state index is 11.9. The number of likely N-dealkylation sites (N-methyl/N-ethyl adjacent to an activating group) is 1. The van der Waals surface area contributed by atoms with Crippen LogP contribution in [0.25, 0.3) is 0 Å². The van der Waals surface area contributed by atoms with Crippen molar-refractivity contribution in [1.82, 2.24) is 10.6 Å². The lowest BCUT2D eigenvalue weighted by Gasteiger charge is -2.18. The molecule has 0 fully saturated rings. The molecule has 0 saturated heterocycles. The molecule has 0 bridgehead atoms. The van der Waals surface area contributed by atoms with E-state index in [-0.39, 0.29) is 11.8 Å². The van der Waals surface area contributed by atoms with Crippen LogP contribution in [0.15, 0.2) is 28.7 Å². The van der Waals surface area contributed by atoms with Crippen LogP contribution in [-0.4, -0.2) is 30.5 Å². The largest absolute Gasteiger partial charge is 0.481 e. The van der Waals surface area contributed by atoms with Crippen molar-refractivity contribution in [2.24, 2.45) is 0 Å². The fourth-order valence-electron chi connectivity index (χ4n) is 1.49. The minimum Gasteiger partial charge on any atom is -0.481 e. The quantitative estimate of drug-likeness (QED) is 0.829. The molecule has 20 heavy (non-hydrogen) atoms. The molecule has 0 heterocycles. The number of hydrogen-bond acceptors (Lipinski definition) is 3. The minimum atomic E-state index is -0.673. The molecule has 0 unspecified atom stereocenters. The maximum atomic E-state index is 11.9. The summed E-state index contributed by atoms with van der Waals surface area (Å²) in [6, 6.07) is 6.61. The van der Waals surface area contributed by atoms with Crippen molar-refractivity contribution >= 4 is 27.7 Å². The van der Waals surface area contributed by atoms with E-state index >= 15 is 0 Å². The van der Waals surface area contributed by atoms with E-state index in [1.54, 1.807) is 26.0 Å². The third-order valence-corrected chi connectivity index (χ3v) is 3.13. The molecule has 2 amide bonds. The second-order valence-corrected chi connectivity index (χ2v) is 5.25. The predicted molar refractivity (Wildman–Crippen MR) is 80.5 cm³/mol. The smallest absolute Gasteiger partial charge is 0.261 e. The Kier molecular flexibility index (Phi) is 6.51. The molecule has 0 aromatic heterocycles. The topological polar surface area (TPSA) is 67.4 Å². The van der Waals surface area contributed by atoms with Gasteiger partial charge in [-0.15, -0.1) is 0 Å². The fourth-order valence-corrected chi connectivity index (χ4v) is 1.76. The lowest BCUT2D eigenvalue weighted by Crippen LogP contribution is -2.48. The highest BCUT2D eigenvalue weighted by molar-refractivity contribution is 9.10. The van der Waals surface area contributed by atoms with Crippen molar-refractivity contribution in [3.8, 4) is 5.75 Å². The lowest BCUT2D eigenvalue weighted by molar-refractivity contribution is -0.132. The van der Waals surface area contributed by atoms with E-state index in [4.69, 9.17) is 4.74 Å². The van der Waals surface area contributed by atoms with Gasteiger partial charge in [0.05, 0.1) is 0 Å². The Labute approximate surface area is 127 Å². The molecule has 0 aliphatic carbocycles. The van der Waals surface area contributed by atoms with Gasteiger partial charge in [0.25, 0.3) is 5.91 Å². The van der Waals surface area contributed by atoms with E-state index in [0.717, 1.165) is 4.47 Å². The number of ether oxygens (including phenoxy) is 1. The first kappa shape index (κ1) is 16.5. The van der Waals surface area contributed by atoms with E-state index in [2.05, 4.69) is 26.6 Å². The number of carbonyl (C=O) groups is 2. The first-order valence-corrected chi connectivity index (χ1v) is 7.23. The monoisotopic (exact) mass is 342 g/mol. The first-order valence-electron chi connectivity index (χ1n) is 6.44. The standard InChI is InChI=1S/C14H19BrN2O3/c1-4-16-13(18)9(2)17-14(19)10(3)20-12-7-5-11(15)6-8-12/h5-10H,4H2,1-3H3,(H,16,18)(H,17,19)/t9-,10-/m0/s1. The molecule has 2 N–H and O–H groups in total. The zero-order chi connectivity index (χ0) is 15.1. The number of hydrogen-bond donors (Lipinski definition) is 2. The Hall–Kier alpha value is -1.56. The molecule has 0 saturated carbocycles. The molecule has 0 spiro atoms. The number of amides is 2. The summed E-state index contributed by atoms with van der Waals surface area (Å²) in [7, 11) is 0. The molecule has 0 aliphatic rings. The highest BCUT2D eigenvalue weighted by Gasteiger charge is 2.20. The van der Waals surface area contributed by atoms with Gasteiger partial charge in [-0.2, -0.15) is 0 Å². The van der Waals surface area contributed by atoms with Gasteiger partial charge in [0, 0.05) is 11.0 Å². The highest BCUT2D eigenvalue weighted by Crippen LogP contribution is 2.17. The summed E-state index contributed by atoms with van der Waals surface area (Å²) >= 11 is 3.32. The van der Waals surface area contributed by atoms with Gasteiger partial charge in [0.15, 0.2) is 6.10 Å². The lowest BCUT2D eigenvalue weighted by atomic mass is 10.2. The summed E-state index contributed by atoms with van der Waals surface area (Å²) in [6.45, 7) is 5.63. The first-order chi connectivity index (χ1) is 9.43. The normalized spacial score (nSPS) is 13.2. The Morgan fingerprint density at radius 3 is 2.35 bits per heavy atom. The van der Waals surface area contributed by atoms with Gasteiger partial charge in [0.2, 0.25) is 5.91 Å². The molecule has 1 aromatic carbocycles. The number of halogens is 1. The Bertz CT molecular complexity index is 462. The fraction of sp³-hybridized carbons (Fsp3) is 0.429. The number of benzene rings is 1. The summed E-state index contributed by atoms with van der Waals surface area (Å²) in [5.41, 5.74) is 0. The summed E-state index contributed by atoms with van der Waals surface area (Å²) in [4.78, 5) is 23.4. The summed E-state index contributed by atoms with van der Waals surface area (Å²) in [5, 5.41) is 5.26. The number of carbonyl (C=O) groups excluding carboxylic acids is 2. The second-order valence-electron chi connectivity index (χ2n) is 4.34. The Morgan fingerprint density at radius 2 is 1.80 bits per heavy atom. The van der Waals surface area contributed by atoms with Gasteiger partial charge in [0.1, 0.15) is 11.8 Å². The van der Waals surface area contributed by atoms with Crippen molar-refractivity contribution < 1.29 is 14.3 Å². The molecule has 5 nitrogen and oxygen atoms in total. The van der Waals surface area contributed by atoms with Gasteiger partial charge in [-0.3, -0.25) is 9.59 Å². The molecule has 0 radical (unpaired) electrons. The maximum Gasteiger partial charge on any atom is 0.261 e. The third-order valence-electron chi connectivity index (χ3n) is 2.60. The molecular formula is C14H19BrN2O3. The number of nitrogens with one attached hydrogen (secondary N) is 2. The van der Waals surface area contributed by atoms with Crippen LogP contribution in [0.5, 0.6) is 5.75 Å². The molecule has 0 aliphatic heterocycles. The Balaban J connectivity index is 2.50. The van der Waals surface area contributed by atoms with Crippen LogP contribution in [-0.2, 0) is 9.59 Å². The van der Waals surface area contributed by atoms with E-state index in [1.165, 1.54) is 0 Å². The van der Waals surface area contributed by atoms with Gasteiger partial charge >= 0.3 is 0 Å². The minimum absolute atomic E-state index is 0.211. The van der Waals surface area contributed by atoms with E-state index in [9.17, 15) is 9.59 Å². The van der Waals surface area contributed by atoms with Gasteiger partial charge < -0.3 is 15.4 Å². The van der Waals surface area contributed by atoms with Crippen molar-refractivity contribution in [1.29, 1.82) is 0 Å². The van der Waals surface area contributed by atoms with Crippen LogP contribution < -0.4 is 15.4 Å². The van der Waals surface area contributed by atoms with E-state index in [1.807, 2.05) is 19.1 Å². The zero-order valence-corrected chi connectivity index (χ0v) is 13.4. The van der Waals surface area contributed by atoms with Crippen molar-refractivity contribution in [2.45, 2.75) is 32.9 Å². The van der Waals surface area contributed by atoms with Crippen LogP contribution >= 0.6 is 15.9 Å². The highest BCUT2D eigenvalue weighted by atomic mass is 79.9. The molecule has 6 heteroatoms. The van der Waals surface area contributed by atoms with Crippen molar-refractivity contribution in [3.63, 3.8) is 0 Å². The molecule has 110 valence electrons. The van der Waals surface area contributed by atoms with Crippen LogP contribution in [0.4, 0.5) is 0 Å². The average Bonchev–Trinajstić information content (AvgIpc) is 2.41.